The minimum Gasteiger partial charge on any atom is -0.490 e. The lowest BCUT2D eigenvalue weighted by Gasteiger charge is -2.17. The zero-order chi connectivity index (χ0) is 20.7. The first-order chi connectivity index (χ1) is 13.3. The Kier molecular flexibility index (Phi) is 8.97. The largest absolute Gasteiger partial charge is 0.490 e. The number of aryl methyl sites for hydroxylation is 1. The number of para-hydroxylation sites is 1. The van der Waals surface area contributed by atoms with Crippen molar-refractivity contribution >= 4 is 62.1 Å². The Morgan fingerprint density at radius 3 is 2.57 bits per heavy atom. The fourth-order valence-corrected chi connectivity index (χ4v) is 3.02. The smallest absolute Gasteiger partial charge is 0.373 e. The number of benzene rings is 1. The number of fused-ring (bicyclic) bond motifs is 1. The summed E-state index contributed by atoms with van der Waals surface area (Å²) < 4.78 is 30.0. The standard InChI is InChI=1S/C20H23FI2O5/c1-13-14-8-7-9-15(17(14)28-18(24)16(13)21)26-10-5-3-4-6-11-27-19(25)20(2,23)12-22/h7-9H,3-6,10-12H2,1-2H3. The number of esters is 1. The molecular formula is C20H23FI2O5. The van der Waals surface area contributed by atoms with Crippen LogP contribution in [-0.2, 0) is 9.53 Å². The molecule has 1 aromatic heterocycles. The number of rotatable bonds is 10. The molecule has 8 heteroatoms. The van der Waals surface area contributed by atoms with Gasteiger partial charge in [-0.2, -0.15) is 4.39 Å². The summed E-state index contributed by atoms with van der Waals surface area (Å²) in [5.41, 5.74) is -0.451. The van der Waals surface area contributed by atoms with Gasteiger partial charge in [0, 0.05) is 15.4 Å². The molecule has 2 aromatic rings. The summed E-state index contributed by atoms with van der Waals surface area (Å²) in [6.45, 7) is 4.30. The van der Waals surface area contributed by atoms with Crippen molar-refractivity contribution in [2.24, 2.45) is 0 Å². The van der Waals surface area contributed by atoms with E-state index >= 15 is 0 Å². The van der Waals surface area contributed by atoms with Crippen LogP contribution in [0.25, 0.3) is 11.0 Å². The first-order valence-corrected chi connectivity index (χ1v) is 11.6. The molecule has 1 heterocycles. The van der Waals surface area contributed by atoms with Gasteiger partial charge < -0.3 is 13.9 Å². The molecule has 5 nitrogen and oxygen atoms in total. The lowest BCUT2D eigenvalue weighted by Crippen LogP contribution is -2.32. The minimum absolute atomic E-state index is 0.171. The maximum atomic E-state index is 13.7. The predicted octanol–water partition coefficient (Wildman–Crippen LogP) is 5.35. The van der Waals surface area contributed by atoms with Crippen LogP contribution in [0.1, 0.15) is 38.2 Å². The van der Waals surface area contributed by atoms with E-state index in [0.29, 0.717) is 28.8 Å². The van der Waals surface area contributed by atoms with Gasteiger partial charge >= 0.3 is 11.6 Å². The summed E-state index contributed by atoms with van der Waals surface area (Å²) in [6, 6.07) is 5.15. The van der Waals surface area contributed by atoms with Crippen LogP contribution in [0.15, 0.2) is 27.4 Å². The Bertz CT molecular complexity index is 879. The molecule has 1 atom stereocenters. The maximum Gasteiger partial charge on any atom is 0.373 e. The van der Waals surface area contributed by atoms with Gasteiger partial charge in [0.2, 0.25) is 5.82 Å². The summed E-state index contributed by atoms with van der Waals surface area (Å²) in [5, 5.41) is 0.533. The molecular weight excluding hydrogens is 593 g/mol. The molecule has 28 heavy (non-hydrogen) atoms. The van der Waals surface area contributed by atoms with Crippen LogP contribution in [0.5, 0.6) is 5.75 Å². The van der Waals surface area contributed by atoms with E-state index in [1.807, 2.05) is 6.92 Å². The minimum atomic E-state index is -0.985. The Hall–Kier alpha value is -0.910. The lowest BCUT2D eigenvalue weighted by molar-refractivity contribution is -0.144. The number of hydrogen-bond donors (Lipinski definition) is 0. The second-order valence-electron chi connectivity index (χ2n) is 6.69. The molecule has 0 bridgehead atoms. The van der Waals surface area contributed by atoms with Gasteiger partial charge in [0.25, 0.3) is 0 Å². The number of carbonyl (C=O) groups is 1. The van der Waals surface area contributed by atoms with Crippen LogP contribution in [0.3, 0.4) is 0 Å². The molecule has 0 N–H and O–H groups in total. The van der Waals surface area contributed by atoms with E-state index in [0.717, 1.165) is 25.7 Å². The summed E-state index contributed by atoms with van der Waals surface area (Å²) in [7, 11) is 0. The van der Waals surface area contributed by atoms with Crippen molar-refractivity contribution in [3.63, 3.8) is 0 Å². The van der Waals surface area contributed by atoms with Crippen molar-refractivity contribution in [1.29, 1.82) is 0 Å². The highest BCUT2D eigenvalue weighted by molar-refractivity contribution is 14.1. The zero-order valence-corrected chi connectivity index (χ0v) is 20.2. The van der Waals surface area contributed by atoms with Crippen molar-refractivity contribution in [2.75, 3.05) is 17.6 Å². The van der Waals surface area contributed by atoms with Gasteiger partial charge in [-0.3, -0.25) is 4.79 Å². The monoisotopic (exact) mass is 616 g/mol. The predicted molar refractivity (Wildman–Crippen MR) is 123 cm³/mol. The van der Waals surface area contributed by atoms with Crippen molar-refractivity contribution in [2.45, 2.75) is 43.0 Å². The third-order valence-corrected chi connectivity index (χ3v) is 8.10. The first kappa shape index (κ1) is 23.4. The molecule has 0 saturated carbocycles. The molecule has 0 aliphatic carbocycles. The highest BCUT2D eigenvalue weighted by Gasteiger charge is 2.29. The van der Waals surface area contributed by atoms with Gasteiger partial charge in [-0.05, 0) is 45.6 Å². The van der Waals surface area contributed by atoms with Gasteiger partial charge in [-0.25, -0.2) is 4.79 Å². The Morgan fingerprint density at radius 1 is 1.21 bits per heavy atom. The van der Waals surface area contributed by atoms with Gasteiger partial charge in [0.15, 0.2) is 11.3 Å². The normalized spacial score (nSPS) is 13.3. The van der Waals surface area contributed by atoms with Gasteiger partial charge in [0.1, 0.15) is 3.42 Å². The molecule has 0 amide bonds. The van der Waals surface area contributed by atoms with Gasteiger partial charge in [0.05, 0.1) is 13.2 Å². The van der Waals surface area contributed by atoms with Crippen LogP contribution in [-0.4, -0.2) is 27.0 Å². The quantitative estimate of drug-likeness (QED) is 0.119. The van der Waals surface area contributed by atoms with E-state index in [9.17, 15) is 14.0 Å². The molecule has 0 spiro atoms. The lowest BCUT2D eigenvalue weighted by atomic mass is 10.1. The van der Waals surface area contributed by atoms with Crippen molar-refractivity contribution in [3.05, 3.63) is 40.0 Å². The second-order valence-corrected chi connectivity index (χ2v) is 9.83. The van der Waals surface area contributed by atoms with Crippen molar-refractivity contribution < 1.29 is 23.1 Å². The molecule has 0 aliphatic rings. The third kappa shape index (κ3) is 6.04. The zero-order valence-electron chi connectivity index (χ0n) is 15.9. The molecule has 1 unspecified atom stereocenters. The molecule has 0 saturated heterocycles. The number of ether oxygens (including phenoxy) is 2. The molecule has 154 valence electrons. The van der Waals surface area contributed by atoms with Crippen LogP contribution in [0.2, 0.25) is 0 Å². The van der Waals surface area contributed by atoms with Gasteiger partial charge in [-0.1, -0.05) is 57.3 Å². The fourth-order valence-electron chi connectivity index (χ4n) is 2.55. The van der Waals surface area contributed by atoms with E-state index in [2.05, 4.69) is 45.2 Å². The average Bonchev–Trinajstić information content (AvgIpc) is 2.68. The molecule has 0 radical (unpaired) electrons. The van der Waals surface area contributed by atoms with E-state index in [1.54, 1.807) is 25.1 Å². The number of carbonyl (C=O) groups excluding carboxylic acids is 1. The first-order valence-electron chi connectivity index (χ1n) is 9.04. The highest BCUT2D eigenvalue weighted by Crippen LogP contribution is 2.27. The summed E-state index contributed by atoms with van der Waals surface area (Å²) in [6.07, 6.45) is 3.47. The van der Waals surface area contributed by atoms with Crippen LogP contribution >= 0.6 is 45.2 Å². The average molecular weight is 616 g/mol. The molecule has 1 aromatic carbocycles. The summed E-state index contributed by atoms with van der Waals surface area (Å²) in [4.78, 5) is 23.4. The van der Waals surface area contributed by atoms with Crippen LogP contribution in [0, 0.1) is 12.7 Å². The highest BCUT2D eigenvalue weighted by atomic mass is 127. The van der Waals surface area contributed by atoms with Gasteiger partial charge in [-0.15, -0.1) is 0 Å². The number of unbranched alkanes of at least 4 members (excludes halogenated alkanes) is 3. The summed E-state index contributed by atoms with van der Waals surface area (Å²) >= 11 is 4.29. The third-order valence-electron chi connectivity index (χ3n) is 4.29. The molecule has 0 aliphatic heterocycles. The van der Waals surface area contributed by atoms with E-state index < -0.39 is 14.9 Å². The number of halogens is 3. The van der Waals surface area contributed by atoms with Crippen LogP contribution < -0.4 is 10.4 Å². The van der Waals surface area contributed by atoms with Crippen LogP contribution in [0.4, 0.5) is 4.39 Å². The Balaban J connectivity index is 1.75. The molecule has 2 rings (SSSR count). The summed E-state index contributed by atoms with van der Waals surface area (Å²) in [5.74, 6) is -0.603. The van der Waals surface area contributed by atoms with E-state index in [1.165, 1.54) is 0 Å². The number of alkyl halides is 2. The number of hydrogen-bond acceptors (Lipinski definition) is 5. The topological polar surface area (TPSA) is 65.7 Å². The second kappa shape index (κ2) is 10.7. The van der Waals surface area contributed by atoms with E-state index in [-0.39, 0.29) is 17.1 Å². The van der Waals surface area contributed by atoms with Crippen molar-refractivity contribution in [3.8, 4) is 5.75 Å². The Morgan fingerprint density at radius 2 is 1.89 bits per heavy atom. The van der Waals surface area contributed by atoms with Crippen molar-refractivity contribution in [1.82, 2.24) is 0 Å². The van der Waals surface area contributed by atoms with E-state index in [4.69, 9.17) is 13.9 Å². The maximum absolute atomic E-state index is 13.7. The SMILES string of the molecule is Cc1c(F)c(=O)oc2c(OCCCCCCOC(=O)C(C)(I)CI)cccc12. The molecule has 0 fully saturated rings. The fraction of sp³-hybridized carbons (Fsp3) is 0.500. The Labute approximate surface area is 190 Å².